The number of hydrogen-bond acceptors (Lipinski definition) is 2. The molecule has 17 heavy (non-hydrogen) atoms. The van der Waals surface area contributed by atoms with Crippen LogP contribution in [0.4, 0.5) is 5.69 Å². The SMILES string of the molecule is C=C(CNC1CCCCC1)c1ccccc1N. The van der Waals surface area contributed by atoms with Crippen LogP contribution >= 0.6 is 0 Å². The van der Waals surface area contributed by atoms with Gasteiger partial charge < -0.3 is 11.1 Å². The van der Waals surface area contributed by atoms with Gasteiger partial charge in [-0.25, -0.2) is 0 Å². The van der Waals surface area contributed by atoms with Crippen molar-refractivity contribution >= 4 is 11.3 Å². The van der Waals surface area contributed by atoms with E-state index in [-0.39, 0.29) is 0 Å². The Morgan fingerprint density at radius 1 is 1.24 bits per heavy atom. The molecule has 92 valence electrons. The summed E-state index contributed by atoms with van der Waals surface area (Å²) in [6, 6.07) is 8.62. The molecule has 1 aromatic carbocycles. The summed E-state index contributed by atoms with van der Waals surface area (Å²) in [5, 5.41) is 3.59. The van der Waals surface area contributed by atoms with Gasteiger partial charge in [-0.15, -0.1) is 0 Å². The molecule has 2 rings (SSSR count). The molecule has 0 atom stereocenters. The standard InChI is InChI=1S/C15H22N2/c1-12(14-9-5-6-10-15(14)16)11-17-13-7-3-2-4-8-13/h5-6,9-10,13,17H,1-4,7-8,11,16H2. The van der Waals surface area contributed by atoms with Crippen molar-refractivity contribution in [2.45, 2.75) is 38.1 Å². The van der Waals surface area contributed by atoms with Gasteiger partial charge in [0.15, 0.2) is 0 Å². The first-order valence-electron chi connectivity index (χ1n) is 6.53. The van der Waals surface area contributed by atoms with Gasteiger partial charge >= 0.3 is 0 Å². The second-order valence-electron chi connectivity index (χ2n) is 4.91. The average molecular weight is 230 g/mol. The van der Waals surface area contributed by atoms with Gasteiger partial charge in [-0.1, -0.05) is 44.0 Å². The molecule has 2 nitrogen and oxygen atoms in total. The molecule has 1 fully saturated rings. The lowest BCUT2D eigenvalue weighted by molar-refractivity contribution is 0.386. The summed E-state index contributed by atoms with van der Waals surface area (Å²) in [6.45, 7) is 4.97. The normalized spacial score (nSPS) is 16.9. The van der Waals surface area contributed by atoms with Gasteiger partial charge in [0.1, 0.15) is 0 Å². The van der Waals surface area contributed by atoms with E-state index in [0.717, 1.165) is 23.4 Å². The van der Waals surface area contributed by atoms with Crippen LogP contribution in [0.5, 0.6) is 0 Å². The first-order chi connectivity index (χ1) is 8.27. The van der Waals surface area contributed by atoms with E-state index in [1.807, 2.05) is 24.3 Å². The zero-order chi connectivity index (χ0) is 12.1. The molecule has 1 aromatic rings. The molecule has 0 spiro atoms. The third-order valence-corrected chi connectivity index (χ3v) is 3.55. The zero-order valence-electron chi connectivity index (χ0n) is 10.4. The monoisotopic (exact) mass is 230 g/mol. The Kier molecular flexibility index (Phi) is 4.21. The second kappa shape index (κ2) is 5.87. The van der Waals surface area contributed by atoms with Crippen LogP contribution in [0, 0.1) is 0 Å². The highest BCUT2D eigenvalue weighted by Gasteiger charge is 2.13. The van der Waals surface area contributed by atoms with Gasteiger partial charge in [-0.2, -0.15) is 0 Å². The van der Waals surface area contributed by atoms with Crippen LogP contribution in [0.15, 0.2) is 30.8 Å². The number of anilines is 1. The molecule has 3 N–H and O–H groups in total. The highest BCUT2D eigenvalue weighted by atomic mass is 14.9. The fourth-order valence-corrected chi connectivity index (χ4v) is 2.49. The number of nitrogen functional groups attached to an aromatic ring is 1. The van der Waals surface area contributed by atoms with Crippen molar-refractivity contribution in [2.24, 2.45) is 0 Å². The first kappa shape index (κ1) is 12.2. The molecule has 0 saturated heterocycles. The molecule has 2 heteroatoms. The van der Waals surface area contributed by atoms with Gasteiger partial charge in [-0.05, 0) is 24.5 Å². The van der Waals surface area contributed by atoms with Crippen LogP contribution in [0.25, 0.3) is 5.57 Å². The fourth-order valence-electron chi connectivity index (χ4n) is 2.49. The Morgan fingerprint density at radius 3 is 2.65 bits per heavy atom. The molecule has 0 aromatic heterocycles. The maximum Gasteiger partial charge on any atom is 0.0390 e. The van der Waals surface area contributed by atoms with Crippen molar-refractivity contribution in [1.29, 1.82) is 0 Å². The van der Waals surface area contributed by atoms with Gasteiger partial charge in [0.05, 0.1) is 0 Å². The molecule has 0 unspecified atom stereocenters. The largest absolute Gasteiger partial charge is 0.398 e. The van der Waals surface area contributed by atoms with Crippen LogP contribution < -0.4 is 11.1 Å². The number of hydrogen-bond donors (Lipinski definition) is 2. The predicted octanol–water partition coefficient (Wildman–Crippen LogP) is 3.20. The summed E-state index contributed by atoms with van der Waals surface area (Å²) in [6.07, 6.45) is 6.72. The van der Waals surface area contributed by atoms with Crippen molar-refractivity contribution in [3.05, 3.63) is 36.4 Å². The summed E-state index contributed by atoms with van der Waals surface area (Å²) in [5.41, 5.74) is 8.93. The highest BCUT2D eigenvalue weighted by Crippen LogP contribution is 2.21. The van der Waals surface area contributed by atoms with Crippen molar-refractivity contribution < 1.29 is 0 Å². The minimum absolute atomic E-state index is 0.672. The summed E-state index contributed by atoms with van der Waals surface area (Å²) < 4.78 is 0. The molecule has 0 amide bonds. The third-order valence-electron chi connectivity index (χ3n) is 3.55. The Hall–Kier alpha value is -1.28. The Balaban J connectivity index is 1.87. The van der Waals surface area contributed by atoms with Gasteiger partial charge in [0.2, 0.25) is 0 Å². The smallest absolute Gasteiger partial charge is 0.0390 e. The minimum Gasteiger partial charge on any atom is -0.398 e. The van der Waals surface area contributed by atoms with E-state index in [2.05, 4.69) is 11.9 Å². The quantitative estimate of drug-likeness (QED) is 0.779. The predicted molar refractivity (Wildman–Crippen MR) is 74.8 cm³/mol. The topological polar surface area (TPSA) is 38.0 Å². The van der Waals surface area contributed by atoms with E-state index in [1.54, 1.807) is 0 Å². The number of benzene rings is 1. The van der Waals surface area contributed by atoms with Gasteiger partial charge in [-0.3, -0.25) is 0 Å². The number of nitrogens with one attached hydrogen (secondary N) is 1. The van der Waals surface area contributed by atoms with Crippen molar-refractivity contribution in [1.82, 2.24) is 5.32 Å². The molecule has 1 aliphatic rings. The van der Waals surface area contributed by atoms with E-state index >= 15 is 0 Å². The Bertz CT molecular complexity index is 378. The molecule has 0 bridgehead atoms. The lowest BCUT2D eigenvalue weighted by atomic mass is 9.95. The molecule has 1 aliphatic carbocycles. The van der Waals surface area contributed by atoms with Crippen molar-refractivity contribution in [3.63, 3.8) is 0 Å². The summed E-state index contributed by atoms with van der Waals surface area (Å²) in [4.78, 5) is 0. The molecule has 0 heterocycles. The molecule has 0 aliphatic heterocycles. The molecule has 1 saturated carbocycles. The van der Waals surface area contributed by atoms with E-state index in [0.29, 0.717) is 6.04 Å². The van der Waals surface area contributed by atoms with Crippen LogP contribution in [0.3, 0.4) is 0 Å². The maximum atomic E-state index is 5.94. The lowest BCUT2D eigenvalue weighted by Gasteiger charge is -2.23. The van der Waals surface area contributed by atoms with Gasteiger partial charge in [0, 0.05) is 23.8 Å². The average Bonchev–Trinajstić information content (AvgIpc) is 2.38. The highest BCUT2D eigenvalue weighted by molar-refractivity contribution is 5.74. The number of nitrogens with two attached hydrogens (primary N) is 1. The Labute approximate surface area is 104 Å². The van der Waals surface area contributed by atoms with Crippen LogP contribution in [0.1, 0.15) is 37.7 Å². The molecule has 0 radical (unpaired) electrons. The molecular formula is C15H22N2. The van der Waals surface area contributed by atoms with Crippen LogP contribution in [-0.4, -0.2) is 12.6 Å². The van der Waals surface area contributed by atoms with E-state index < -0.39 is 0 Å². The second-order valence-corrected chi connectivity index (χ2v) is 4.91. The maximum absolute atomic E-state index is 5.94. The van der Waals surface area contributed by atoms with E-state index in [9.17, 15) is 0 Å². The first-order valence-corrected chi connectivity index (χ1v) is 6.53. The summed E-state index contributed by atoms with van der Waals surface area (Å²) in [7, 11) is 0. The van der Waals surface area contributed by atoms with Crippen molar-refractivity contribution in [2.75, 3.05) is 12.3 Å². The van der Waals surface area contributed by atoms with E-state index in [1.165, 1.54) is 32.1 Å². The lowest BCUT2D eigenvalue weighted by Crippen LogP contribution is -2.32. The summed E-state index contributed by atoms with van der Waals surface area (Å²) >= 11 is 0. The Morgan fingerprint density at radius 2 is 1.94 bits per heavy atom. The van der Waals surface area contributed by atoms with Crippen LogP contribution in [0.2, 0.25) is 0 Å². The van der Waals surface area contributed by atoms with Crippen molar-refractivity contribution in [3.8, 4) is 0 Å². The minimum atomic E-state index is 0.672. The van der Waals surface area contributed by atoms with Crippen LogP contribution in [-0.2, 0) is 0 Å². The summed E-state index contributed by atoms with van der Waals surface area (Å²) in [5.74, 6) is 0. The number of para-hydroxylation sites is 1. The third kappa shape index (κ3) is 3.34. The number of rotatable bonds is 4. The molecular weight excluding hydrogens is 208 g/mol. The zero-order valence-corrected chi connectivity index (χ0v) is 10.4. The fraction of sp³-hybridized carbons (Fsp3) is 0.467. The van der Waals surface area contributed by atoms with Gasteiger partial charge in [0.25, 0.3) is 0 Å². The van der Waals surface area contributed by atoms with E-state index in [4.69, 9.17) is 5.73 Å².